The van der Waals surface area contributed by atoms with Gasteiger partial charge in [-0.15, -0.1) is 0 Å². The highest BCUT2D eigenvalue weighted by atomic mass is 32.2. The van der Waals surface area contributed by atoms with Crippen LogP contribution < -0.4 is 10.6 Å². The summed E-state index contributed by atoms with van der Waals surface area (Å²) in [5.41, 5.74) is 0.901. The van der Waals surface area contributed by atoms with E-state index in [1.807, 2.05) is 10.3 Å². The molecular weight excluding hydrogens is 352 g/mol. The summed E-state index contributed by atoms with van der Waals surface area (Å²) in [6.45, 7) is 2.78. The van der Waals surface area contributed by atoms with E-state index >= 15 is 0 Å². The van der Waals surface area contributed by atoms with Crippen LogP contribution in [0.2, 0.25) is 0 Å². The first-order chi connectivity index (χ1) is 12.0. The number of amidine groups is 1. The van der Waals surface area contributed by atoms with E-state index in [0.29, 0.717) is 0 Å². The molecule has 3 rings (SSSR count). The molecule has 12 heteroatoms. The van der Waals surface area contributed by atoms with Gasteiger partial charge in [0.05, 0.1) is 6.42 Å². The second-order valence-electron chi connectivity index (χ2n) is 4.87. The third-order valence-electron chi connectivity index (χ3n) is 3.05. The van der Waals surface area contributed by atoms with E-state index < -0.39 is 0 Å². The van der Waals surface area contributed by atoms with Gasteiger partial charge in [0.25, 0.3) is 6.47 Å². The van der Waals surface area contributed by atoms with Crippen molar-refractivity contribution in [3.8, 4) is 0 Å². The number of aromatic nitrogens is 2. The highest BCUT2D eigenvalue weighted by Gasteiger charge is 2.26. The van der Waals surface area contributed by atoms with Crippen LogP contribution in [0.1, 0.15) is 19.8 Å². The Hall–Kier alpha value is -2.89. The van der Waals surface area contributed by atoms with Crippen molar-refractivity contribution in [1.82, 2.24) is 15.2 Å². The van der Waals surface area contributed by atoms with Gasteiger partial charge in [0, 0.05) is 25.7 Å². The van der Waals surface area contributed by atoms with Crippen LogP contribution >= 0.6 is 11.8 Å². The van der Waals surface area contributed by atoms with Gasteiger partial charge in [-0.3, -0.25) is 19.4 Å². The average Bonchev–Trinajstić information content (AvgIpc) is 3.16. The van der Waals surface area contributed by atoms with Crippen molar-refractivity contribution >= 4 is 46.9 Å². The zero-order valence-electron chi connectivity index (χ0n) is 13.3. The molecule has 25 heavy (non-hydrogen) atoms. The molecule has 0 saturated heterocycles. The normalized spacial score (nSPS) is 15.2. The number of nitrogens with one attached hydrogen (secondary N) is 2. The Labute approximate surface area is 146 Å². The topological polar surface area (TPSA) is 150 Å². The summed E-state index contributed by atoms with van der Waals surface area (Å²) in [7, 11) is 0. The number of hydrogen-bond acceptors (Lipinski definition) is 9. The molecule has 0 saturated carbocycles. The zero-order chi connectivity index (χ0) is 18.2. The van der Waals surface area contributed by atoms with Gasteiger partial charge in [-0.2, -0.15) is 0 Å². The van der Waals surface area contributed by atoms with E-state index in [-0.39, 0.29) is 36.3 Å². The van der Waals surface area contributed by atoms with Crippen LogP contribution in [0.4, 0.5) is 11.6 Å². The molecule has 3 heterocycles. The highest BCUT2D eigenvalue weighted by molar-refractivity contribution is 8.16. The molecule has 0 radical (unpaired) electrons. The van der Waals surface area contributed by atoms with Gasteiger partial charge in [0.15, 0.2) is 5.17 Å². The second-order valence-corrected chi connectivity index (χ2v) is 5.71. The number of rotatable bonds is 4. The molecule has 0 unspecified atom stereocenters. The van der Waals surface area contributed by atoms with E-state index in [9.17, 15) is 9.59 Å². The first-order valence-electron chi connectivity index (χ1n) is 7.20. The Bertz CT molecular complexity index is 716. The average molecular weight is 368 g/mol. The Morgan fingerprint density at radius 1 is 1.40 bits per heavy atom. The minimum absolute atomic E-state index is 0.0934. The molecule has 0 aromatic carbocycles. The van der Waals surface area contributed by atoms with Crippen molar-refractivity contribution in [3.05, 3.63) is 11.1 Å². The van der Waals surface area contributed by atoms with Crippen molar-refractivity contribution in [3.63, 3.8) is 0 Å². The van der Waals surface area contributed by atoms with Gasteiger partial charge in [0.1, 0.15) is 0 Å². The van der Waals surface area contributed by atoms with E-state index in [2.05, 4.69) is 30.6 Å². The minimum Gasteiger partial charge on any atom is -0.483 e. The molecule has 1 aromatic heterocycles. The summed E-state index contributed by atoms with van der Waals surface area (Å²) in [6, 6.07) is 0. The minimum atomic E-state index is -0.324. The Morgan fingerprint density at radius 2 is 2.08 bits per heavy atom. The van der Waals surface area contributed by atoms with E-state index in [4.69, 9.17) is 9.90 Å². The standard InChI is InChI=1S/C12H14N6O3S.CH2O2/c1-7(19)14-10-11(17-21-16-10)15-9(20)5-8-6-22-12-13-3-2-4-18(8)12;2-1-3/h6H,2-5H2,1H3,(H,14,16,19)(H,15,17,20);1H,(H,2,3). The molecule has 2 aliphatic heterocycles. The van der Waals surface area contributed by atoms with Crippen molar-refractivity contribution < 1.29 is 24.1 Å². The Morgan fingerprint density at radius 3 is 2.76 bits per heavy atom. The smallest absolute Gasteiger partial charge is 0.290 e. The monoisotopic (exact) mass is 368 g/mol. The molecule has 11 nitrogen and oxygen atoms in total. The fraction of sp³-hybridized carbons (Fsp3) is 0.385. The number of hydrogen-bond donors (Lipinski definition) is 3. The lowest BCUT2D eigenvalue weighted by atomic mass is 10.2. The summed E-state index contributed by atoms with van der Waals surface area (Å²) in [5.74, 6) is -0.397. The molecule has 0 atom stereocenters. The summed E-state index contributed by atoms with van der Waals surface area (Å²) < 4.78 is 4.53. The molecule has 134 valence electrons. The Balaban J connectivity index is 0.000000701. The van der Waals surface area contributed by atoms with Crippen LogP contribution in [-0.2, 0) is 14.4 Å². The van der Waals surface area contributed by atoms with Crippen LogP contribution in [0.25, 0.3) is 0 Å². The number of aliphatic imine (C=N–C) groups is 1. The summed E-state index contributed by atoms with van der Waals surface area (Å²) in [5, 5.41) is 21.9. The molecular formula is C13H16N6O5S. The first-order valence-corrected chi connectivity index (χ1v) is 8.08. The number of fused-ring (bicyclic) bond motifs is 1. The molecule has 2 amide bonds. The molecule has 0 bridgehead atoms. The lowest BCUT2D eigenvalue weighted by Gasteiger charge is -2.24. The van der Waals surface area contributed by atoms with E-state index in [0.717, 1.165) is 30.4 Å². The maximum absolute atomic E-state index is 12.1. The number of carboxylic acid groups (broad SMARTS) is 1. The van der Waals surface area contributed by atoms with Crippen molar-refractivity contribution in [2.45, 2.75) is 19.8 Å². The van der Waals surface area contributed by atoms with Crippen LogP contribution in [-0.4, -0.2) is 56.9 Å². The molecule has 1 aromatic rings. The molecule has 3 N–H and O–H groups in total. The predicted molar refractivity (Wildman–Crippen MR) is 89.8 cm³/mol. The number of thioether (sulfide) groups is 1. The number of anilines is 2. The van der Waals surface area contributed by atoms with Crippen LogP contribution in [0.3, 0.4) is 0 Å². The lowest BCUT2D eigenvalue weighted by Crippen LogP contribution is -2.31. The number of nitrogens with zero attached hydrogens (tertiary/aromatic N) is 4. The van der Waals surface area contributed by atoms with Gasteiger partial charge in [-0.1, -0.05) is 11.8 Å². The number of carbonyl (C=O) groups excluding carboxylic acids is 2. The summed E-state index contributed by atoms with van der Waals surface area (Å²) in [4.78, 5) is 38.0. The SMILES string of the molecule is CC(=O)Nc1nonc1NC(=O)CC1=CSC2=NCCCN12.O=CO. The van der Waals surface area contributed by atoms with Crippen LogP contribution in [0, 0.1) is 0 Å². The molecule has 2 aliphatic rings. The van der Waals surface area contributed by atoms with Gasteiger partial charge < -0.3 is 20.6 Å². The van der Waals surface area contributed by atoms with E-state index in [1.54, 1.807) is 0 Å². The third-order valence-corrected chi connectivity index (χ3v) is 4.00. The zero-order valence-corrected chi connectivity index (χ0v) is 14.1. The maximum atomic E-state index is 12.1. The van der Waals surface area contributed by atoms with Crippen molar-refractivity contribution in [2.24, 2.45) is 4.99 Å². The van der Waals surface area contributed by atoms with Crippen LogP contribution in [0.5, 0.6) is 0 Å². The number of carbonyl (C=O) groups is 3. The van der Waals surface area contributed by atoms with Gasteiger partial charge in [0.2, 0.25) is 23.5 Å². The first kappa shape index (κ1) is 18.4. The maximum Gasteiger partial charge on any atom is 0.290 e. The summed E-state index contributed by atoms with van der Waals surface area (Å²) >= 11 is 1.53. The fourth-order valence-corrected chi connectivity index (χ4v) is 3.09. The van der Waals surface area contributed by atoms with Crippen molar-refractivity contribution in [2.75, 3.05) is 23.7 Å². The highest BCUT2D eigenvalue weighted by Crippen LogP contribution is 2.30. The largest absolute Gasteiger partial charge is 0.483 e. The second kappa shape index (κ2) is 8.82. The van der Waals surface area contributed by atoms with Crippen molar-refractivity contribution in [1.29, 1.82) is 0 Å². The van der Waals surface area contributed by atoms with Gasteiger partial charge >= 0.3 is 0 Å². The number of amides is 2. The predicted octanol–water partition coefficient (Wildman–Crippen LogP) is 0.707. The molecule has 0 spiro atoms. The molecule has 0 fully saturated rings. The quantitative estimate of drug-likeness (QED) is 0.653. The van der Waals surface area contributed by atoms with E-state index in [1.165, 1.54) is 18.7 Å². The lowest BCUT2D eigenvalue weighted by molar-refractivity contribution is -0.123. The Kier molecular flexibility index (Phi) is 6.51. The van der Waals surface area contributed by atoms with Gasteiger partial charge in [-0.05, 0) is 22.1 Å². The summed E-state index contributed by atoms with van der Waals surface area (Å²) in [6.07, 6.45) is 1.17. The van der Waals surface area contributed by atoms with Crippen LogP contribution in [0.15, 0.2) is 20.7 Å². The molecule has 0 aliphatic carbocycles. The van der Waals surface area contributed by atoms with Gasteiger partial charge in [-0.25, -0.2) is 4.63 Å². The fourth-order valence-electron chi connectivity index (χ4n) is 2.13. The third kappa shape index (κ3) is 5.04.